The molecule has 2 aliphatic rings. The van der Waals surface area contributed by atoms with Crippen molar-refractivity contribution < 1.29 is 14.7 Å². The Kier molecular flexibility index (Phi) is 6.87. The first-order valence-corrected chi connectivity index (χ1v) is 12.9. The predicted octanol–water partition coefficient (Wildman–Crippen LogP) is 5.76. The number of amides is 1. The van der Waals surface area contributed by atoms with Crippen molar-refractivity contribution in [2.75, 3.05) is 13.1 Å². The molecule has 182 valence electrons. The van der Waals surface area contributed by atoms with Gasteiger partial charge in [-0.1, -0.05) is 54.6 Å². The number of hydrogen-bond acceptors (Lipinski definition) is 3. The molecular weight excluding hydrogens is 436 g/mol. The van der Waals surface area contributed by atoms with E-state index in [0.717, 1.165) is 19.3 Å². The number of hydrogen-bond donors (Lipinski definition) is 2. The van der Waals surface area contributed by atoms with Crippen molar-refractivity contribution in [2.24, 2.45) is 5.92 Å². The smallest absolute Gasteiger partial charge is 0.306 e. The highest BCUT2D eigenvalue weighted by molar-refractivity contribution is 5.94. The minimum Gasteiger partial charge on any atom is -0.481 e. The summed E-state index contributed by atoms with van der Waals surface area (Å²) in [5.41, 5.74) is 3.34. The van der Waals surface area contributed by atoms with Gasteiger partial charge in [-0.25, -0.2) is 0 Å². The van der Waals surface area contributed by atoms with Gasteiger partial charge in [-0.2, -0.15) is 0 Å². The second kappa shape index (κ2) is 10.2. The summed E-state index contributed by atoms with van der Waals surface area (Å²) in [7, 11) is 0. The van der Waals surface area contributed by atoms with Crippen molar-refractivity contribution in [3.8, 4) is 0 Å². The summed E-state index contributed by atoms with van der Waals surface area (Å²) in [5, 5.41) is 15.6. The van der Waals surface area contributed by atoms with Crippen molar-refractivity contribution in [3.63, 3.8) is 0 Å². The SMILES string of the molecule is C[C@@H](NC1CCC(c2ccc(C(=O)N3CCC(C(=O)O)CC3)cc2)C1)c1cccc2ccccc12. The zero-order chi connectivity index (χ0) is 24.4. The van der Waals surface area contributed by atoms with Gasteiger partial charge in [0, 0.05) is 30.7 Å². The maximum atomic E-state index is 12.9. The fraction of sp³-hybridized carbons (Fsp3) is 0.400. The van der Waals surface area contributed by atoms with Crippen LogP contribution in [-0.4, -0.2) is 41.0 Å². The number of rotatable bonds is 6. The van der Waals surface area contributed by atoms with E-state index in [1.54, 1.807) is 4.90 Å². The van der Waals surface area contributed by atoms with E-state index < -0.39 is 5.97 Å². The number of carboxylic acids is 1. The zero-order valence-corrected chi connectivity index (χ0v) is 20.3. The average molecular weight is 471 g/mol. The van der Waals surface area contributed by atoms with Crippen LogP contribution in [-0.2, 0) is 4.79 Å². The quantitative estimate of drug-likeness (QED) is 0.480. The fourth-order valence-electron chi connectivity index (χ4n) is 5.92. The standard InChI is InChI=1S/C30H34N2O3/c1-20(27-8-4-6-22-5-2-3-7-28(22)27)31-26-14-13-25(19-26)21-9-11-23(12-10-21)29(33)32-17-15-24(16-18-32)30(34)35/h2-12,20,24-26,31H,13-19H2,1H3,(H,34,35)/t20-,25?,26?/m1/s1. The highest BCUT2D eigenvalue weighted by Gasteiger charge is 2.29. The van der Waals surface area contributed by atoms with Crippen LogP contribution in [0.25, 0.3) is 10.8 Å². The van der Waals surface area contributed by atoms with Crippen LogP contribution in [0.15, 0.2) is 66.7 Å². The van der Waals surface area contributed by atoms with E-state index in [2.05, 4.69) is 66.8 Å². The number of aliphatic carboxylic acids is 1. The van der Waals surface area contributed by atoms with Gasteiger partial charge in [-0.15, -0.1) is 0 Å². The van der Waals surface area contributed by atoms with Crippen molar-refractivity contribution in [2.45, 2.75) is 57.0 Å². The second-order valence-corrected chi connectivity index (χ2v) is 10.2. The highest BCUT2D eigenvalue weighted by Crippen LogP contribution is 2.36. The number of carbonyl (C=O) groups excluding carboxylic acids is 1. The molecule has 0 spiro atoms. The Hall–Kier alpha value is -3.18. The number of benzene rings is 3. The number of fused-ring (bicyclic) bond motifs is 1. The number of piperidine rings is 1. The zero-order valence-electron chi connectivity index (χ0n) is 20.3. The lowest BCUT2D eigenvalue weighted by atomic mass is 9.94. The Balaban J connectivity index is 1.18. The molecule has 1 aliphatic carbocycles. The van der Waals surface area contributed by atoms with Crippen molar-refractivity contribution >= 4 is 22.6 Å². The largest absolute Gasteiger partial charge is 0.481 e. The molecule has 0 aromatic heterocycles. The molecule has 2 unspecified atom stereocenters. The van der Waals surface area contributed by atoms with Gasteiger partial charge in [-0.05, 0) is 79.0 Å². The highest BCUT2D eigenvalue weighted by atomic mass is 16.4. The van der Waals surface area contributed by atoms with Gasteiger partial charge in [0.25, 0.3) is 5.91 Å². The predicted molar refractivity (Wildman–Crippen MR) is 139 cm³/mol. The lowest BCUT2D eigenvalue weighted by molar-refractivity contribution is -0.143. The molecule has 3 aromatic rings. The van der Waals surface area contributed by atoms with Gasteiger partial charge in [0.05, 0.1) is 5.92 Å². The molecule has 1 saturated carbocycles. The molecule has 35 heavy (non-hydrogen) atoms. The molecule has 5 heteroatoms. The van der Waals surface area contributed by atoms with Gasteiger partial charge in [0.15, 0.2) is 0 Å². The number of carboxylic acid groups (broad SMARTS) is 1. The third kappa shape index (κ3) is 5.10. The fourth-order valence-corrected chi connectivity index (χ4v) is 5.92. The molecule has 1 heterocycles. The average Bonchev–Trinajstić information content (AvgIpc) is 3.36. The molecule has 0 bridgehead atoms. The summed E-state index contributed by atoms with van der Waals surface area (Å²) < 4.78 is 0. The van der Waals surface area contributed by atoms with Crippen LogP contribution in [0.3, 0.4) is 0 Å². The number of carbonyl (C=O) groups is 2. The third-order valence-electron chi connectivity index (χ3n) is 7.97. The summed E-state index contributed by atoms with van der Waals surface area (Å²) >= 11 is 0. The van der Waals surface area contributed by atoms with E-state index in [0.29, 0.717) is 43.5 Å². The van der Waals surface area contributed by atoms with E-state index in [9.17, 15) is 14.7 Å². The number of nitrogens with one attached hydrogen (secondary N) is 1. The molecule has 1 amide bonds. The Morgan fingerprint density at radius 1 is 0.914 bits per heavy atom. The summed E-state index contributed by atoms with van der Waals surface area (Å²) in [4.78, 5) is 25.8. The molecule has 1 saturated heterocycles. The summed E-state index contributed by atoms with van der Waals surface area (Å²) in [6, 6.07) is 24.0. The first kappa shape index (κ1) is 23.6. The maximum Gasteiger partial charge on any atom is 0.306 e. The van der Waals surface area contributed by atoms with E-state index in [4.69, 9.17) is 0 Å². The first-order chi connectivity index (χ1) is 17.0. The van der Waals surface area contributed by atoms with Crippen molar-refractivity contribution in [1.82, 2.24) is 10.2 Å². The van der Waals surface area contributed by atoms with E-state index >= 15 is 0 Å². The molecular formula is C30H34N2O3. The van der Waals surface area contributed by atoms with Crippen LogP contribution in [0.5, 0.6) is 0 Å². The molecule has 2 fully saturated rings. The Morgan fingerprint density at radius 2 is 1.63 bits per heavy atom. The summed E-state index contributed by atoms with van der Waals surface area (Å²) in [6.07, 6.45) is 4.47. The third-order valence-corrected chi connectivity index (χ3v) is 7.97. The Bertz CT molecular complexity index is 1190. The van der Waals surface area contributed by atoms with Crippen molar-refractivity contribution in [3.05, 3.63) is 83.4 Å². The van der Waals surface area contributed by atoms with E-state index in [1.165, 1.54) is 21.9 Å². The maximum absolute atomic E-state index is 12.9. The Labute approximate surface area is 207 Å². The van der Waals surface area contributed by atoms with E-state index in [-0.39, 0.29) is 17.9 Å². The van der Waals surface area contributed by atoms with Crippen LogP contribution >= 0.6 is 0 Å². The van der Waals surface area contributed by atoms with E-state index in [1.807, 2.05) is 12.1 Å². The molecule has 3 aromatic carbocycles. The van der Waals surface area contributed by atoms with Gasteiger partial charge in [0.2, 0.25) is 0 Å². The van der Waals surface area contributed by atoms with Crippen LogP contribution < -0.4 is 5.32 Å². The van der Waals surface area contributed by atoms with Gasteiger partial charge < -0.3 is 15.3 Å². The second-order valence-electron chi connectivity index (χ2n) is 10.2. The number of likely N-dealkylation sites (tertiary alicyclic amines) is 1. The molecule has 3 atom stereocenters. The van der Waals surface area contributed by atoms with Crippen LogP contribution in [0.2, 0.25) is 0 Å². The number of nitrogens with zero attached hydrogens (tertiary/aromatic N) is 1. The van der Waals surface area contributed by atoms with Crippen LogP contribution in [0.1, 0.15) is 72.5 Å². The Morgan fingerprint density at radius 3 is 2.37 bits per heavy atom. The summed E-state index contributed by atoms with van der Waals surface area (Å²) in [5.74, 6) is -0.566. The van der Waals surface area contributed by atoms with Gasteiger partial charge >= 0.3 is 5.97 Å². The first-order valence-electron chi connectivity index (χ1n) is 12.9. The lowest BCUT2D eigenvalue weighted by Gasteiger charge is -2.30. The van der Waals surface area contributed by atoms with Crippen molar-refractivity contribution in [1.29, 1.82) is 0 Å². The monoisotopic (exact) mass is 470 g/mol. The minimum atomic E-state index is -0.752. The normalized spacial score (nSPS) is 21.8. The molecule has 1 aliphatic heterocycles. The molecule has 5 rings (SSSR count). The van der Waals surface area contributed by atoms with Crippen LogP contribution in [0, 0.1) is 5.92 Å². The topological polar surface area (TPSA) is 69.6 Å². The van der Waals surface area contributed by atoms with Gasteiger partial charge in [-0.3, -0.25) is 9.59 Å². The molecule has 2 N–H and O–H groups in total. The summed E-state index contributed by atoms with van der Waals surface area (Å²) in [6.45, 7) is 3.29. The molecule has 5 nitrogen and oxygen atoms in total. The minimum absolute atomic E-state index is 0.00951. The lowest BCUT2D eigenvalue weighted by Crippen LogP contribution is -2.40. The molecule has 0 radical (unpaired) electrons. The van der Waals surface area contributed by atoms with Gasteiger partial charge in [0.1, 0.15) is 0 Å². The van der Waals surface area contributed by atoms with Crippen LogP contribution in [0.4, 0.5) is 0 Å².